The highest BCUT2D eigenvalue weighted by Crippen LogP contribution is 2.37. The molecule has 0 spiro atoms. The van der Waals surface area contributed by atoms with Gasteiger partial charge in [-0.1, -0.05) is 24.3 Å². The van der Waals surface area contributed by atoms with Gasteiger partial charge in [0.15, 0.2) is 6.10 Å². The summed E-state index contributed by atoms with van der Waals surface area (Å²) in [4.78, 5) is 45.6. The zero-order chi connectivity index (χ0) is 30.2. The summed E-state index contributed by atoms with van der Waals surface area (Å²) < 4.78 is 26.9. The molecule has 1 saturated heterocycles. The monoisotopic (exact) mass is 575 g/mol. The van der Waals surface area contributed by atoms with Gasteiger partial charge >= 0.3 is 5.97 Å². The SMILES string of the molecule is Cc1cnc2c(c1)N(C1CCN(C(=O)c3ccc(-c4ccccc4OCC(C)(C)C(=O)O)cc3F)CC1)C(=O)C(C)O2. The molecule has 0 aliphatic carbocycles. The van der Waals surface area contributed by atoms with Crippen molar-refractivity contribution in [3.05, 3.63) is 71.7 Å². The number of rotatable bonds is 7. The highest BCUT2D eigenvalue weighted by molar-refractivity contribution is 6.00. The minimum atomic E-state index is -1.10. The Bertz CT molecular complexity index is 1530. The van der Waals surface area contributed by atoms with E-state index in [1.165, 1.54) is 12.1 Å². The van der Waals surface area contributed by atoms with Crippen LogP contribution in [0.25, 0.3) is 11.1 Å². The van der Waals surface area contributed by atoms with E-state index in [1.54, 1.807) is 67.1 Å². The number of carboxylic acids is 1. The van der Waals surface area contributed by atoms with Gasteiger partial charge in [0.05, 0.1) is 11.0 Å². The molecule has 3 heterocycles. The summed E-state index contributed by atoms with van der Waals surface area (Å²) >= 11 is 0. The molecule has 0 bridgehead atoms. The van der Waals surface area contributed by atoms with Crippen LogP contribution in [-0.2, 0) is 9.59 Å². The van der Waals surface area contributed by atoms with Crippen molar-refractivity contribution in [2.24, 2.45) is 5.41 Å². The summed E-state index contributed by atoms with van der Waals surface area (Å²) in [6, 6.07) is 13.2. The second kappa shape index (κ2) is 11.4. The number of hydrogen-bond acceptors (Lipinski definition) is 6. The number of pyridine rings is 1. The number of aryl methyl sites for hydroxylation is 1. The second-order valence-electron chi connectivity index (χ2n) is 11.5. The molecule has 10 heteroatoms. The van der Waals surface area contributed by atoms with Gasteiger partial charge < -0.3 is 24.4 Å². The summed E-state index contributed by atoms with van der Waals surface area (Å²) in [5.41, 5.74) is 1.51. The molecule has 1 atom stereocenters. The maximum Gasteiger partial charge on any atom is 0.312 e. The van der Waals surface area contributed by atoms with Gasteiger partial charge in [-0.15, -0.1) is 0 Å². The fraction of sp³-hybridized carbons (Fsp3) is 0.375. The van der Waals surface area contributed by atoms with E-state index in [0.29, 0.717) is 54.4 Å². The average molecular weight is 576 g/mol. The Labute approximate surface area is 243 Å². The third-order valence-corrected chi connectivity index (χ3v) is 7.78. The first-order valence-electron chi connectivity index (χ1n) is 14.0. The third kappa shape index (κ3) is 5.66. The molecule has 1 fully saturated rings. The van der Waals surface area contributed by atoms with Gasteiger partial charge in [-0.3, -0.25) is 14.4 Å². The Morgan fingerprint density at radius 2 is 1.86 bits per heavy atom. The van der Waals surface area contributed by atoms with E-state index in [9.17, 15) is 19.5 Å². The lowest BCUT2D eigenvalue weighted by atomic mass is 9.95. The van der Waals surface area contributed by atoms with Crippen LogP contribution in [0.4, 0.5) is 10.1 Å². The molecule has 2 aliphatic rings. The molecule has 2 aliphatic heterocycles. The summed E-state index contributed by atoms with van der Waals surface area (Å²) in [5.74, 6) is -1.35. The fourth-order valence-corrected chi connectivity index (χ4v) is 5.22. The second-order valence-corrected chi connectivity index (χ2v) is 11.5. The number of aliphatic carboxylic acids is 1. The molecule has 0 saturated carbocycles. The number of piperidine rings is 1. The molecule has 1 N–H and O–H groups in total. The van der Waals surface area contributed by atoms with Crippen molar-refractivity contribution in [1.29, 1.82) is 0 Å². The quantitative estimate of drug-likeness (QED) is 0.417. The van der Waals surface area contributed by atoms with Crippen LogP contribution in [0.5, 0.6) is 11.6 Å². The number of likely N-dealkylation sites (tertiary alicyclic amines) is 1. The molecule has 5 rings (SSSR count). The number of ether oxygens (including phenoxy) is 2. The Balaban J connectivity index is 1.29. The van der Waals surface area contributed by atoms with Crippen molar-refractivity contribution in [3.8, 4) is 22.8 Å². The van der Waals surface area contributed by atoms with E-state index in [2.05, 4.69) is 4.98 Å². The number of nitrogens with zero attached hydrogens (tertiary/aromatic N) is 3. The maximum atomic E-state index is 15.4. The van der Waals surface area contributed by atoms with Crippen LogP contribution in [0, 0.1) is 18.2 Å². The maximum absolute atomic E-state index is 15.4. The van der Waals surface area contributed by atoms with Crippen LogP contribution in [0.15, 0.2) is 54.7 Å². The Hall–Kier alpha value is -4.47. The number of aromatic nitrogens is 1. The van der Waals surface area contributed by atoms with E-state index >= 15 is 4.39 Å². The van der Waals surface area contributed by atoms with Crippen LogP contribution >= 0.6 is 0 Å². The standard InChI is InChI=1S/C32H34FN3O6/c1-19-15-26-28(34-17-19)42-20(2)29(37)36(26)22-11-13-35(14-12-22)30(38)24-10-9-21(16-25(24)33)23-7-5-6-8-27(23)41-18-32(3,4)31(39)40/h5-10,15-17,20,22H,11-14,18H2,1-4H3,(H,39,40). The molecule has 1 aromatic heterocycles. The van der Waals surface area contributed by atoms with Crippen LogP contribution < -0.4 is 14.4 Å². The minimum absolute atomic E-state index is 0.0381. The Kier molecular flexibility index (Phi) is 7.90. The van der Waals surface area contributed by atoms with Crippen LogP contribution in [-0.4, -0.2) is 64.6 Å². The number of anilines is 1. The van der Waals surface area contributed by atoms with E-state index in [-0.39, 0.29) is 24.1 Å². The van der Waals surface area contributed by atoms with Gasteiger partial charge in [0, 0.05) is 30.9 Å². The highest BCUT2D eigenvalue weighted by Gasteiger charge is 2.39. The highest BCUT2D eigenvalue weighted by atomic mass is 19.1. The lowest BCUT2D eigenvalue weighted by molar-refractivity contribution is -0.148. The molecule has 3 aromatic rings. The first kappa shape index (κ1) is 29.0. The molecule has 2 aromatic carbocycles. The van der Waals surface area contributed by atoms with E-state index in [1.807, 2.05) is 13.0 Å². The van der Waals surface area contributed by atoms with Gasteiger partial charge in [-0.05, 0) is 75.9 Å². The zero-order valence-corrected chi connectivity index (χ0v) is 24.1. The molecular weight excluding hydrogens is 541 g/mol. The van der Waals surface area contributed by atoms with E-state index in [0.717, 1.165) is 5.56 Å². The van der Waals surface area contributed by atoms with Crippen LogP contribution in [0.3, 0.4) is 0 Å². The topological polar surface area (TPSA) is 109 Å². The van der Waals surface area contributed by atoms with Gasteiger partial charge in [0.25, 0.3) is 11.8 Å². The van der Waals surface area contributed by atoms with Crippen molar-refractivity contribution < 1.29 is 33.4 Å². The van der Waals surface area contributed by atoms with E-state index < -0.39 is 29.2 Å². The van der Waals surface area contributed by atoms with Crippen LogP contribution in [0.1, 0.15) is 49.5 Å². The number of carboxylic acid groups (broad SMARTS) is 1. The zero-order valence-electron chi connectivity index (χ0n) is 24.1. The smallest absolute Gasteiger partial charge is 0.312 e. The molecule has 220 valence electrons. The number of para-hydroxylation sites is 1. The molecule has 0 radical (unpaired) electrons. The predicted octanol–water partition coefficient (Wildman–Crippen LogP) is 5.10. The summed E-state index contributed by atoms with van der Waals surface area (Å²) in [7, 11) is 0. The number of halogens is 1. The number of carbonyl (C=O) groups is 3. The fourth-order valence-electron chi connectivity index (χ4n) is 5.22. The van der Waals surface area contributed by atoms with Crippen molar-refractivity contribution in [2.75, 3.05) is 24.6 Å². The van der Waals surface area contributed by atoms with Crippen molar-refractivity contribution in [3.63, 3.8) is 0 Å². The van der Waals surface area contributed by atoms with Crippen molar-refractivity contribution >= 4 is 23.5 Å². The van der Waals surface area contributed by atoms with Gasteiger partial charge in [-0.2, -0.15) is 0 Å². The average Bonchev–Trinajstić information content (AvgIpc) is 2.97. The summed E-state index contributed by atoms with van der Waals surface area (Å²) in [5, 5.41) is 9.39. The molecule has 42 heavy (non-hydrogen) atoms. The minimum Gasteiger partial charge on any atom is -0.492 e. The summed E-state index contributed by atoms with van der Waals surface area (Å²) in [6.45, 7) is 7.41. The lowest BCUT2D eigenvalue weighted by Crippen LogP contribution is -2.54. The number of carbonyl (C=O) groups excluding carboxylic acids is 2. The molecular formula is C32H34FN3O6. The molecule has 1 unspecified atom stereocenters. The molecule has 9 nitrogen and oxygen atoms in total. The predicted molar refractivity (Wildman–Crippen MR) is 154 cm³/mol. The lowest BCUT2D eigenvalue weighted by Gasteiger charge is -2.41. The number of benzene rings is 2. The first-order valence-corrected chi connectivity index (χ1v) is 14.0. The number of fused-ring (bicyclic) bond motifs is 1. The first-order chi connectivity index (χ1) is 20.0. The van der Waals surface area contributed by atoms with Gasteiger partial charge in [0.2, 0.25) is 5.88 Å². The largest absolute Gasteiger partial charge is 0.492 e. The van der Waals surface area contributed by atoms with Gasteiger partial charge in [-0.25, -0.2) is 9.37 Å². The van der Waals surface area contributed by atoms with Gasteiger partial charge in [0.1, 0.15) is 23.9 Å². The number of hydrogen-bond donors (Lipinski definition) is 1. The van der Waals surface area contributed by atoms with Crippen molar-refractivity contribution in [2.45, 2.75) is 52.7 Å². The van der Waals surface area contributed by atoms with E-state index in [4.69, 9.17) is 9.47 Å². The third-order valence-electron chi connectivity index (χ3n) is 7.78. The molecule has 2 amide bonds. The normalized spacial score (nSPS) is 17.5. The Morgan fingerprint density at radius 1 is 1.14 bits per heavy atom. The summed E-state index contributed by atoms with van der Waals surface area (Å²) in [6.07, 6.45) is 2.12. The Morgan fingerprint density at radius 3 is 2.55 bits per heavy atom. The van der Waals surface area contributed by atoms with Crippen molar-refractivity contribution in [1.82, 2.24) is 9.88 Å². The number of amides is 2. The van der Waals surface area contributed by atoms with Crippen LogP contribution in [0.2, 0.25) is 0 Å².